The van der Waals surface area contributed by atoms with Crippen molar-refractivity contribution < 1.29 is 14.3 Å². The van der Waals surface area contributed by atoms with Crippen molar-refractivity contribution in [2.75, 3.05) is 25.0 Å². The SMILES string of the molecule is CCCN(CCC)CC1Cc2cc(OC(=O)Nc3ccc(C(C)C)cc3)ccc2O1. The van der Waals surface area contributed by atoms with Crippen molar-refractivity contribution in [3.05, 3.63) is 53.6 Å². The minimum Gasteiger partial charge on any atom is -0.488 e. The first kappa shape index (κ1) is 22.2. The number of anilines is 1. The molecule has 2 aromatic carbocycles. The van der Waals surface area contributed by atoms with Crippen LogP contribution in [0, 0.1) is 0 Å². The first-order chi connectivity index (χ1) is 14.5. The highest BCUT2D eigenvalue weighted by Crippen LogP contribution is 2.32. The minimum atomic E-state index is -0.486. The van der Waals surface area contributed by atoms with Crippen LogP contribution < -0.4 is 14.8 Å². The molecule has 1 unspecified atom stereocenters. The summed E-state index contributed by atoms with van der Waals surface area (Å²) in [4.78, 5) is 14.7. The Bertz CT molecular complexity index is 827. The van der Waals surface area contributed by atoms with Gasteiger partial charge in [-0.05, 0) is 67.7 Å². The van der Waals surface area contributed by atoms with Crippen molar-refractivity contribution >= 4 is 11.8 Å². The number of carbonyl (C=O) groups is 1. The minimum absolute atomic E-state index is 0.154. The van der Waals surface area contributed by atoms with Crippen LogP contribution in [0.5, 0.6) is 11.5 Å². The highest BCUT2D eigenvalue weighted by Gasteiger charge is 2.25. The van der Waals surface area contributed by atoms with Gasteiger partial charge in [0.15, 0.2) is 0 Å². The van der Waals surface area contributed by atoms with Crippen LogP contribution in [-0.4, -0.2) is 36.7 Å². The molecule has 0 aliphatic carbocycles. The monoisotopic (exact) mass is 410 g/mol. The molecule has 1 aliphatic rings. The van der Waals surface area contributed by atoms with E-state index in [0.29, 0.717) is 11.7 Å². The molecule has 0 spiro atoms. The summed E-state index contributed by atoms with van der Waals surface area (Å²) in [5, 5.41) is 2.79. The van der Waals surface area contributed by atoms with Gasteiger partial charge in [0.2, 0.25) is 0 Å². The topological polar surface area (TPSA) is 50.8 Å². The summed E-state index contributed by atoms with van der Waals surface area (Å²) in [6, 6.07) is 13.5. The van der Waals surface area contributed by atoms with Gasteiger partial charge in [-0.3, -0.25) is 10.2 Å². The first-order valence-electron chi connectivity index (χ1n) is 11.1. The normalized spacial score (nSPS) is 15.2. The third-order valence-corrected chi connectivity index (χ3v) is 5.35. The summed E-state index contributed by atoms with van der Waals surface area (Å²) in [5.41, 5.74) is 3.05. The molecule has 0 saturated heterocycles. The van der Waals surface area contributed by atoms with Crippen LogP contribution in [0.15, 0.2) is 42.5 Å². The van der Waals surface area contributed by atoms with E-state index in [1.54, 1.807) is 6.07 Å². The van der Waals surface area contributed by atoms with E-state index in [1.165, 1.54) is 5.56 Å². The predicted molar refractivity (Wildman–Crippen MR) is 122 cm³/mol. The maximum absolute atomic E-state index is 12.3. The molecule has 1 atom stereocenters. The van der Waals surface area contributed by atoms with E-state index in [-0.39, 0.29) is 6.10 Å². The Morgan fingerprint density at radius 1 is 1.13 bits per heavy atom. The molecule has 5 heteroatoms. The number of hydrogen-bond donors (Lipinski definition) is 1. The quantitative estimate of drug-likeness (QED) is 0.564. The molecule has 1 heterocycles. The second-order valence-corrected chi connectivity index (χ2v) is 8.31. The number of carbonyl (C=O) groups excluding carboxylic acids is 1. The van der Waals surface area contributed by atoms with Gasteiger partial charge in [-0.15, -0.1) is 0 Å². The van der Waals surface area contributed by atoms with Crippen LogP contribution >= 0.6 is 0 Å². The number of rotatable bonds is 9. The third kappa shape index (κ3) is 5.99. The third-order valence-electron chi connectivity index (χ3n) is 5.35. The van der Waals surface area contributed by atoms with Gasteiger partial charge in [0.1, 0.15) is 17.6 Å². The Hall–Kier alpha value is -2.53. The van der Waals surface area contributed by atoms with Gasteiger partial charge < -0.3 is 9.47 Å². The fourth-order valence-electron chi connectivity index (χ4n) is 3.88. The van der Waals surface area contributed by atoms with E-state index < -0.39 is 6.09 Å². The molecule has 0 saturated carbocycles. The standard InChI is InChI=1S/C25H34N2O3/c1-5-13-27(14-6-2)17-23-16-20-15-22(11-12-24(20)29-23)30-25(28)26-21-9-7-19(8-10-21)18(3)4/h7-12,15,18,23H,5-6,13-14,16-17H2,1-4H3,(H,26,28). The molecule has 5 nitrogen and oxygen atoms in total. The summed E-state index contributed by atoms with van der Waals surface area (Å²) in [5.74, 6) is 1.89. The molecule has 0 radical (unpaired) electrons. The fourth-order valence-corrected chi connectivity index (χ4v) is 3.88. The summed E-state index contributed by atoms with van der Waals surface area (Å²) < 4.78 is 11.6. The Morgan fingerprint density at radius 2 is 1.83 bits per heavy atom. The van der Waals surface area contributed by atoms with E-state index >= 15 is 0 Å². The first-order valence-corrected chi connectivity index (χ1v) is 11.1. The number of hydrogen-bond acceptors (Lipinski definition) is 4. The molecule has 1 amide bonds. The van der Waals surface area contributed by atoms with Gasteiger partial charge in [0.25, 0.3) is 0 Å². The number of benzene rings is 2. The van der Waals surface area contributed by atoms with Crippen LogP contribution in [0.4, 0.5) is 10.5 Å². The summed E-state index contributed by atoms with van der Waals surface area (Å²) >= 11 is 0. The van der Waals surface area contributed by atoms with Crippen molar-refractivity contribution in [2.24, 2.45) is 0 Å². The molecule has 2 aromatic rings. The number of nitrogens with one attached hydrogen (secondary N) is 1. The van der Waals surface area contributed by atoms with Gasteiger partial charge >= 0.3 is 6.09 Å². The largest absolute Gasteiger partial charge is 0.488 e. The zero-order valence-corrected chi connectivity index (χ0v) is 18.6. The second kappa shape index (κ2) is 10.5. The molecule has 0 fully saturated rings. The van der Waals surface area contributed by atoms with Gasteiger partial charge in [-0.2, -0.15) is 0 Å². The molecular weight excluding hydrogens is 376 g/mol. The molecule has 1 aliphatic heterocycles. The van der Waals surface area contributed by atoms with E-state index in [2.05, 4.69) is 37.9 Å². The van der Waals surface area contributed by atoms with Crippen molar-refractivity contribution in [2.45, 2.75) is 59.0 Å². The summed E-state index contributed by atoms with van der Waals surface area (Å²) in [6.45, 7) is 11.8. The smallest absolute Gasteiger partial charge is 0.417 e. The average Bonchev–Trinajstić information content (AvgIpc) is 3.10. The van der Waals surface area contributed by atoms with E-state index in [4.69, 9.17) is 9.47 Å². The van der Waals surface area contributed by atoms with Crippen molar-refractivity contribution in [3.63, 3.8) is 0 Å². The summed E-state index contributed by atoms with van der Waals surface area (Å²) in [7, 11) is 0. The molecular formula is C25H34N2O3. The van der Waals surface area contributed by atoms with Gasteiger partial charge in [0, 0.05) is 24.2 Å². The zero-order valence-electron chi connectivity index (χ0n) is 18.6. The van der Waals surface area contributed by atoms with Crippen molar-refractivity contribution in [1.29, 1.82) is 0 Å². The maximum Gasteiger partial charge on any atom is 0.417 e. The van der Waals surface area contributed by atoms with Gasteiger partial charge in [-0.1, -0.05) is 39.8 Å². The van der Waals surface area contributed by atoms with Crippen molar-refractivity contribution in [1.82, 2.24) is 4.90 Å². The van der Waals surface area contributed by atoms with Crippen LogP contribution in [0.25, 0.3) is 0 Å². The fraction of sp³-hybridized carbons (Fsp3) is 0.480. The van der Waals surface area contributed by atoms with Crippen LogP contribution in [0.1, 0.15) is 57.6 Å². The molecule has 0 aromatic heterocycles. The second-order valence-electron chi connectivity index (χ2n) is 8.31. The number of ether oxygens (including phenoxy) is 2. The lowest BCUT2D eigenvalue weighted by Crippen LogP contribution is -2.35. The molecule has 1 N–H and O–H groups in total. The van der Waals surface area contributed by atoms with Crippen LogP contribution in [-0.2, 0) is 6.42 Å². The highest BCUT2D eigenvalue weighted by molar-refractivity contribution is 5.86. The molecule has 3 rings (SSSR count). The zero-order chi connectivity index (χ0) is 21.5. The Kier molecular flexibility index (Phi) is 7.75. The lowest BCUT2D eigenvalue weighted by atomic mass is 10.0. The average molecular weight is 411 g/mol. The lowest BCUT2D eigenvalue weighted by Gasteiger charge is -2.24. The maximum atomic E-state index is 12.3. The van der Waals surface area contributed by atoms with Crippen LogP contribution in [0.2, 0.25) is 0 Å². The molecule has 30 heavy (non-hydrogen) atoms. The Morgan fingerprint density at radius 3 is 2.47 bits per heavy atom. The molecule has 0 bridgehead atoms. The van der Waals surface area contributed by atoms with Crippen molar-refractivity contribution in [3.8, 4) is 11.5 Å². The highest BCUT2D eigenvalue weighted by atomic mass is 16.6. The number of fused-ring (bicyclic) bond motifs is 1. The lowest BCUT2D eigenvalue weighted by molar-refractivity contribution is 0.150. The van der Waals surface area contributed by atoms with Crippen LogP contribution in [0.3, 0.4) is 0 Å². The Labute approximate surface area is 180 Å². The van der Waals surface area contributed by atoms with E-state index in [1.807, 2.05) is 36.4 Å². The number of nitrogens with zero attached hydrogens (tertiary/aromatic N) is 1. The van der Waals surface area contributed by atoms with Gasteiger partial charge in [-0.25, -0.2) is 4.79 Å². The number of amides is 1. The van der Waals surface area contributed by atoms with E-state index in [9.17, 15) is 4.79 Å². The predicted octanol–water partition coefficient (Wildman–Crippen LogP) is 5.85. The van der Waals surface area contributed by atoms with Gasteiger partial charge in [0.05, 0.1) is 0 Å². The van der Waals surface area contributed by atoms with E-state index in [0.717, 1.165) is 55.9 Å². The Balaban J connectivity index is 1.55. The summed E-state index contributed by atoms with van der Waals surface area (Å²) in [6.07, 6.45) is 2.80. The molecule has 162 valence electrons.